The van der Waals surface area contributed by atoms with Crippen molar-refractivity contribution in [1.82, 2.24) is 14.7 Å². The Kier molecular flexibility index (Phi) is 3.62. The summed E-state index contributed by atoms with van der Waals surface area (Å²) in [6.45, 7) is 5.83. The number of imidazole rings is 1. The van der Waals surface area contributed by atoms with Crippen molar-refractivity contribution in [3.05, 3.63) is 35.8 Å². The lowest BCUT2D eigenvalue weighted by Gasteiger charge is -2.09. The van der Waals surface area contributed by atoms with Crippen LogP contribution < -0.4 is 5.32 Å². The molecular weight excluding hydrogens is 230 g/mol. The highest BCUT2D eigenvalue weighted by molar-refractivity contribution is 5.94. The van der Waals surface area contributed by atoms with Crippen molar-refractivity contribution >= 4 is 11.6 Å². The molecule has 0 aromatic carbocycles. The van der Waals surface area contributed by atoms with Crippen LogP contribution in [0.4, 0.5) is 0 Å². The number of aromatic carboxylic acids is 1. The summed E-state index contributed by atoms with van der Waals surface area (Å²) in [5, 5.41) is 12.5. The smallest absolute Gasteiger partial charge is 0.339 e. The first kappa shape index (κ1) is 12.6. The molecule has 0 aliphatic heterocycles. The molecule has 0 aliphatic rings. The van der Waals surface area contributed by atoms with Gasteiger partial charge in [0, 0.05) is 25.1 Å². The third-order valence-corrected chi connectivity index (χ3v) is 2.66. The van der Waals surface area contributed by atoms with E-state index in [0.29, 0.717) is 18.1 Å². The fraction of sp³-hybridized carbons (Fsp3) is 0.385. The van der Waals surface area contributed by atoms with E-state index >= 15 is 0 Å². The maximum absolute atomic E-state index is 11.2. The summed E-state index contributed by atoms with van der Waals surface area (Å²) in [5.41, 5.74) is 1.66. The molecule has 2 heterocycles. The molecule has 0 atom stereocenters. The Labute approximate surface area is 105 Å². The van der Waals surface area contributed by atoms with Gasteiger partial charge >= 0.3 is 5.97 Å². The van der Waals surface area contributed by atoms with Crippen LogP contribution in [0, 0.1) is 5.92 Å². The Hall–Kier alpha value is -1.88. The summed E-state index contributed by atoms with van der Waals surface area (Å²) in [6, 6.07) is 1.68. The molecule has 2 aromatic heterocycles. The minimum Gasteiger partial charge on any atom is -0.478 e. The molecule has 2 aromatic rings. The predicted molar refractivity (Wildman–Crippen MR) is 68.7 cm³/mol. The van der Waals surface area contributed by atoms with Gasteiger partial charge in [-0.05, 0) is 24.1 Å². The highest BCUT2D eigenvalue weighted by atomic mass is 16.4. The lowest BCUT2D eigenvalue weighted by molar-refractivity contribution is 0.0698. The summed E-state index contributed by atoms with van der Waals surface area (Å²) in [5.74, 6) is -0.377. The van der Waals surface area contributed by atoms with Crippen LogP contribution >= 0.6 is 0 Å². The van der Waals surface area contributed by atoms with Crippen LogP contribution in [0.2, 0.25) is 0 Å². The average molecular weight is 247 g/mol. The van der Waals surface area contributed by atoms with Gasteiger partial charge in [0.05, 0.1) is 0 Å². The van der Waals surface area contributed by atoms with Gasteiger partial charge in [0.1, 0.15) is 5.56 Å². The van der Waals surface area contributed by atoms with E-state index in [0.717, 1.165) is 12.1 Å². The highest BCUT2D eigenvalue weighted by Crippen LogP contribution is 2.12. The van der Waals surface area contributed by atoms with Crippen molar-refractivity contribution in [2.45, 2.75) is 20.4 Å². The summed E-state index contributed by atoms with van der Waals surface area (Å²) >= 11 is 0. The van der Waals surface area contributed by atoms with Gasteiger partial charge in [-0.15, -0.1) is 0 Å². The molecule has 0 radical (unpaired) electrons. The minimum absolute atomic E-state index is 0.240. The number of carbonyl (C=O) groups is 1. The topological polar surface area (TPSA) is 66.6 Å². The van der Waals surface area contributed by atoms with Gasteiger partial charge in [-0.3, -0.25) is 0 Å². The summed E-state index contributed by atoms with van der Waals surface area (Å²) < 4.78 is 1.75. The lowest BCUT2D eigenvalue weighted by Crippen LogP contribution is -2.19. The van der Waals surface area contributed by atoms with Crippen LogP contribution in [0.3, 0.4) is 0 Å². The first-order valence-corrected chi connectivity index (χ1v) is 5.97. The molecule has 0 unspecified atom stereocenters. The molecular formula is C13H17N3O2. The number of carboxylic acids is 1. The molecule has 0 spiro atoms. The van der Waals surface area contributed by atoms with E-state index in [1.807, 2.05) is 6.20 Å². The van der Waals surface area contributed by atoms with Crippen LogP contribution in [0.25, 0.3) is 5.65 Å². The number of aromatic nitrogens is 2. The molecule has 0 fully saturated rings. The number of nitrogens with one attached hydrogen (secondary N) is 1. The zero-order valence-electron chi connectivity index (χ0n) is 10.6. The average Bonchev–Trinajstić information content (AvgIpc) is 2.75. The van der Waals surface area contributed by atoms with Crippen LogP contribution in [-0.2, 0) is 6.54 Å². The van der Waals surface area contributed by atoms with Gasteiger partial charge in [-0.1, -0.05) is 13.8 Å². The molecule has 5 heteroatoms. The maximum atomic E-state index is 11.2. The number of pyridine rings is 1. The van der Waals surface area contributed by atoms with Gasteiger partial charge in [-0.2, -0.15) is 0 Å². The second-order valence-electron chi connectivity index (χ2n) is 4.75. The van der Waals surface area contributed by atoms with E-state index in [2.05, 4.69) is 24.1 Å². The summed E-state index contributed by atoms with van der Waals surface area (Å²) in [4.78, 5) is 15.2. The van der Waals surface area contributed by atoms with Crippen LogP contribution in [0.15, 0.2) is 24.7 Å². The van der Waals surface area contributed by atoms with Gasteiger partial charge in [0.15, 0.2) is 5.65 Å². The molecule has 2 rings (SSSR count). The Balaban J connectivity index is 2.26. The SMILES string of the molecule is CC(C)CNCc1cc(C(=O)O)c2nccn2c1. The second kappa shape index (κ2) is 5.18. The van der Waals surface area contributed by atoms with Crippen molar-refractivity contribution in [3.63, 3.8) is 0 Å². The Bertz CT molecular complexity index is 560. The number of hydrogen-bond donors (Lipinski definition) is 2. The Morgan fingerprint density at radius 3 is 3.00 bits per heavy atom. The standard InChI is InChI=1S/C13H17N3O2/c1-9(2)6-14-7-10-5-11(13(17)18)12-15-3-4-16(12)8-10/h3-5,8-9,14H,6-7H2,1-2H3,(H,17,18). The monoisotopic (exact) mass is 247 g/mol. The highest BCUT2D eigenvalue weighted by Gasteiger charge is 2.11. The molecule has 0 saturated carbocycles. The molecule has 5 nitrogen and oxygen atoms in total. The van der Waals surface area contributed by atoms with Gasteiger partial charge < -0.3 is 14.8 Å². The fourth-order valence-electron chi connectivity index (χ4n) is 1.85. The molecule has 0 bridgehead atoms. The predicted octanol–water partition coefficient (Wildman–Crippen LogP) is 1.78. The minimum atomic E-state index is -0.947. The van der Waals surface area contributed by atoms with Crippen molar-refractivity contribution < 1.29 is 9.90 Å². The molecule has 0 amide bonds. The summed E-state index contributed by atoms with van der Waals surface area (Å²) in [7, 11) is 0. The van der Waals surface area contributed by atoms with Gasteiger partial charge in [0.25, 0.3) is 0 Å². The second-order valence-corrected chi connectivity index (χ2v) is 4.75. The molecule has 18 heavy (non-hydrogen) atoms. The quantitative estimate of drug-likeness (QED) is 0.845. The van der Waals surface area contributed by atoms with Crippen molar-refractivity contribution in [1.29, 1.82) is 0 Å². The van der Waals surface area contributed by atoms with Crippen molar-refractivity contribution in [2.75, 3.05) is 6.54 Å². The van der Waals surface area contributed by atoms with E-state index in [4.69, 9.17) is 5.11 Å². The van der Waals surface area contributed by atoms with Crippen LogP contribution in [0.5, 0.6) is 0 Å². The first-order valence-electron chi connectivity index (χ1n) is 5.97. The normalized spacial score (nSPS) is 11.3. The molecule has 96 valence electrons. The molecule has 2 N–H and O–H groups in total. The fourth-order valence-corrected chi connectivity index (χ4v) is 1.85. The van der Waals surface area contributed by atoms with E-state index in [1.54, 1.807) is 22.9 Å². The zero-order chi connectivity index (χ0) is 13.1. The Morgan fingerprint density at radius 1 is 1.56 bits per heavy atom. The zero-order valence-corrected chi connectivity index (χ0v) is 10.6. The molecule has 0 aliphatic carbocycles. The van der Waals surface area contributed by atoms with Gasteiger partial charge in [0.2, 0.25) is 0 Å². The van der Waals surface area contributed by atoms with Crippen molar-refractivity contribution in [2.24, 2.45) is 5.92 Å². The maximum Gasteiger partial charge on any atom is 0.339 e. The van der Waals surface area contributed by atoms with E-state index in [9.17, 15) is 4.79 Å². The lowest BCUT2D eigenvalue weighted by atomic mass is 10.1. The van der Waals surface area contributed by atoms with Crippen LogP contribution in [0.1, 0.15) is 29.8 Å². The first-order chi connectivity index (χ1) is 8.58. The van der Waals surface area contributed by atoms with E-state index in [1.165, 1.54) is 0 Å². The Morgan fingerprint density at radius 2 is 2.33 bits per heavy atom. The van der Waals surface area contributed by atoms with Crippen LogP contribution in [-0.4, -0.2) is 27.0 Å². The van der Waals surface area contributed by atoms with Crippen molar-refractivity contribution in [3.8, 4) is 0 Å². The largest absolute Gasteiger partial charge is 0.478 e. The number of rotatable bonds is 5. The third-order valence-electron chi connectivity index (χ3n) is 2.66. The molecule has 0 saturated heterocycles. The number of nitrogens with zero attached hydrogens (tertiary/aromatic N) is 2. The van der Waals surface area contributed by atoms with Gasteiger partial charge in [-0.25, -0.2) is 9.78 Å². The van der Waals surface area contributed by atoms with E-state index < -0.39 is 5.97 Å². The number of carboxylic acid groups (broad SMARTS) is 1. The summed E-state index contributed by atoms with van der Waals surface area (Å²) in [6.07, 6.45) is 5.27. The number of hydrogen-bond acceptors (Lipinski definition) is 3. The third kappa shape index (κ3) is 2.68. The van der Waals surface area contributed by atoms with E-state index in [-0.39, 0.29) is 5.56 Å². The number of fused-ring (bicyclic) bond motifs is 1.